The number of aromatic nitrogens is 2. The minimum atomic E-state index is -4.56. The van der Waals surface area contributed by atoms with Gasteiger partial charge in [0.1, 0.15) is 0 Å². The van der Waals surface area contributed by atoms with E-state index in [4.69, 9.17) is 0 Å². The lowest BCUT2D eigenvalue weighted by Crippen LogP contribution is -2.25. The zero-order chi connectivity index (χ0) is 16.9. The van der Waals surface area contributed by atoms with Gasteiger partial charge in [-0.3, -0.25) is 14.3 Å². The molecule has 0 aromatic carbocycles. The van der Waals surface area contributed by atoms with Crippen LogP contribution in [0.15, 0.2) is 59.4 Å². The summed E-state index contributed by atoms with van der Waals surface area (Å²) in [6, 6.07) is 2.50. The van der Waals surface area contributed by atoms with E-state index in [9.17, 15) is 18.0 Å². The van der Waals surface area contributed by atoms with Gasteiger partial charge in [-0.05, 0) is 24.6 Å². The minimum absolute atomic E-state index is 0.143. The molecule has 0 fully saturated rings. The maximum absolute atomic E-state index is 13.2. The number of rotatable bonds is 1. The summed E-state index contributed by atoms with van der Waals surface area (Å²) in [6.45, 7) is 0. The van der Waals surface area contributed by atoms with E-state index in [2.05, 4.69) is 10.3 Å². The van der Waals surface area contributed by atoms with Crippen LogP contribution in [0.2, 0.25) is 0 Å². The molecule has 0 amide bonds. The zero-order valence-electron chi connectivity index (χ0n) is 12.3. The number of allylic oxidation sites excluding steroid dienone is 4. The summed E-state index contributed by atoms with van der Waals surface area (Å²) < 4.78 is 40.7. The van der Waals surface area contributed by atoms with Crippen molar-refractivity contribution >= 4 is 5.69 Å². The maximum Gasteiger partial charge on any atom is 0.418 e. The van der Waals surface area contributed by atoms with E-state index in [1.807, 2.05) is 18.2 Å². The molecule has 2 aliphatic rings. The quantitative estimate of drug-likeness (QED) is 0.868. The third kappa shape index (κ3) is 2.16. The van der Waals surface area contributed by atoms with Crippen LogP contribution in [0.3, 0.4) is 0 Å². The molecule has 0 bridgehead atoms. The van der Waals surface area contributed by atoms with Crippen LogP contribution in [0, 0.1) is 0 Å². The van der Waals surface area contributed by atoms with Gasteiger partial charge in [0, 0.05) is 29.7 Å². The molecule has 7 heteroatoms. The molecule has 0 saturated heterocycles. The fraction of sp³-hybridized carbons (Fsp3) is 0.176. The van der Waals surface area contributed by atoms with Gasteiger partial charge < -0.3 is 5.32 Å². The number of pyridine rings is 2. The number of halogens is 3. The SMILES string of the molecule is O=c1c2c(ccn1-c1cnccc1C(F)(F)F)NC1=CC=CCC12. The zero-order valence-corrected chi connectivity index (χ0v) is 12.3. The Labute approximate surface area is 135 Å². The van der Waals surface area contributed by atoms with Crippen molar-refractivity contribution in [2.75, 3.05) is 5.32 Å². The Morgan fingerprint density at radius 2 is 2.12 bits per heavy atom. The average molecular weight is 331 g/mol. The molecule has 2 aromatic heterocycles. The van der Waals surface area contributed by atoms with Gasteiger partial charge in [0.2, 0.25) is 0 Å². The van der Waals surface area contributed by atoms with Crippen molar-refractivity contribution in [2.24, 2.45) is 0 Å². The highest BCUT2D eigenvalue weighted by Gasteiger charge is 2.36. The predicted octanol–water partition coefficient (Wildman–Crippen LogP) is 3.60. The first kappa shape index (κ1) is 14.7. The Balaban J connectivity index is 1.91. The monoisotopic (exact) mass is 331 g/mol. The van der Waals surface area contributed by atoms with E-state index in [0.717, 1.165) is 28.7 Å². The summed E-state index contributed by atoms with van der Waals surface area (Å²) in [4.78, 5) is 16.6. The Hall–Kier alpha value is -2.83. The maximum atomic E-state index is 13.2. The van der Waals surface area contributed by atoms with Gasteiger partial charge >= 0.3 is 6.18 Å². The van der Waals surface area contributed by atoms with Gasteiger partial charge in [-0.2, -0.15) is 13.2 Å². The fourth-order valence-electron chi connectivity index (χ4n) is 3.19. The molecule has 1 atom stereocenters. The van der Waals surface area contributed by atoms with Crippen molar-refractivity contribution in [3.05, 3.63) is 76.1 Å². The van der Waals surface area contributed by atoms with Gasteiger partial charge in [0.15, 0.2) is 0 Å². The smallest absolute Gasteiger partial charge is 0.358 e. The highest BCUT2D eigenvalue weighted by molar-refractivity contribution is 5.66. The second-order valence-corrected chi connectivity index (χ2v) is 5.67. The Bertz CT molecular complexity index is 941. The summed E-state index contributed by atoms with van der Waals surface area (Å²) in [5, 5.41) is 3.16. The topological polar surface area (TPSA) is 46.9 Å². The van der Waals surface area contributed by atoms with Gasteiger partial charge in [-0.25, -0.2) is 0 Å². The van der Waals surface area contributed by atoms with Crippen LogP contribution in [-0.4, -0.2) is 9.55 Å². The van der Waals surface area contributed by atoms with Crippen LogP contribution in [-0.2, 0) is 6.18 Å². The second-order valence-electron chi connectivity index (χ2n) is 5.67. The summed E-state index contributed by atoms with van der Waals surface area (Å²) >= 11 is 0. The molecular weight excluding hydrogens is 319 g/mol. The van der Waals surface area contributed by atoms with Gasteiger partial charge in [0.25, 0.3) is 5.56 Å². The van der Waals surface area contributed by atoms with Crippen LogP contribution in [0.5, 0.6) is 0 Å². The lowest BCUT2D eigenvalue weighted by molar-refractivity contribution is -0.137. The molecule has 1 aliphatic carbocycles. The van der Waals surface area contributed by atoms with Gasteiger partial charge in [-0.15, -0.1) is 0 Å². The van der Waals surface area contributed by atoms with Gasteiger partial charge in [-0.1, -0.05) is 12.2 Å². The standard InChI is InChI=1S/C17H12F3N3O/c18-17(19,20)11-5-7-21-9-14(11)23-8-6-13-15(16(23)24)10-3-1-2-4-12(10)22-13/h1-2,4-10,22H,3H2. The number of hydrogen-bond acceptors (Lipinski definition) is 3. The van der Waals surface area contributed by atoms with Gasteiger partial charge in [0.05, 0.1) is 23.0 Å². The molecule has 0 saturated carbocycles. The highest BCUT2D eigenvalue weighted by Crippen LogP contribution is 2.40. The largest absolute Gasteiger partial charge is 0.418 e. The summed E-state index contributed by atoms with van der Waals surface area (Å²) in [5.74, 6) is -0.143. The van der Waals surface area contributed by atoms with E-state index in [1.165, 1.54) is 6.20 Å². The number of nitrogens with zero attached hydrogens (tertiary/aromatic N) is 2. The van der Waals surface area contributed by atoms with Crippen LogP contribution in [0.1, 0.15) is 23.5 Å². The summed E-state index contributed by atoms with van der Waals surface area (Å²) in [6.07, 6.45) is 5.28. The molecule has 0 radical (unpaired) electrons. The lowest BCUT2D eigenvalue weighted by Gasteiger charge is -2.16. The van der Waals surface area contributed by atoms with Crippen molar-refractivity contribution in [1.82, 2.24) is 9.55 Å². The Morgan fingerprint density at radius 1 is 1.29 bits per heavy atom. The second kappa shape index (κ2) is 5.09. The molecule has 24 heavy (non-hydrogen) atoms. The van der Waals surface area contributed by atoms with Crippen LogP contribution < -0.4 is 10.9 Å². The molecular formula is C17H12F3N3O. The summed E-state index contributed by atoms with van der Waals surface area (Å²) in [5.41, 5.74) is 0.428. The molecule has 2 aromatic rings. The van der Waals surface area contributed by atoms with Crippen LogP contribution in [0.4, 0.5) is 18.9 Å². The molecule has 1 N–H and O–H groups in total. The molecule has 0 spiro atoms. The Morgan fingerprint density at radius 3 is 2.92 bits per heavy atom. The van der Waals surface area contributed by atoms with Crippen LogP contribution >= 0.6 is 0 Å². The predicted molar refractivity (Wildman–Crippen MR) is 83.0 cm³/mol. The van der Waals surface area contributed by atoms with Crippen LogP contribution in [0.25, 0.3) is 5.69 Å². The van der Waals surface area contributed by atoms with E-state index in [1.54, 1.807) is 6.07 Å². The first-order chi connectivity index (χ1) is 11.5. The number of fused-ring (bicyclic) bond motifs is 3. The number of anilines is 1. The van der Waals surface area contributed by atoms with Crippen molar-refractivity contribution in [1.29, 1.82) is 0 Å². The van der Waals surface area contributed by atoms with Crippen molar-refractivity contribution < 1.29 is 13.2 Å². The molecule has 4 rings (SSSR count). The average Bonchev–Trinajstić information content (AvgIpc) is 2.94. The highest BCUT2D eigenvalue weighted by atomic mass is 19.4. The van der Waals surface area contributed by atoms with Crippen molar-refractivity contribution in [3.8, 4) is 5.69 Å². The molecule has 122 valence electrons. The van der Waals surface area contributed by atoms with E-state index in [0.29, 0.717) is 17.7 Å². The first-order valence-electron chi connectivity index (χ1n) is 7.37. The lowest BCUT2D eigenvalue weighted by atomic mass is 9.93. The van der Waals surface area contributed by atoms with E-state index < -0.39 is 17.3 Å². The molecule has 1 unspecified atom stereocenters. The number of alkyl halides is 3. The van der Waals surface area contributed by atoms with E-state index in [-0.39, 0.29) is 11.6 Å². The number of nitrogens with one attached hydrogen (secondary N) is 1. The first-order valence-corrected chi connectivity index (χ1v) is 7.37. The summed E-state index contributed by atoms with van der Waals surface area (Å²) in [7, 11) is 0. The normalized spacial score (nSPS) is 18.6. The van der Waals surface area contributed by atoms with E-state index >= 15 is 0 Å². The molecule has 1 aliphatic heterocycles. The third-order valence-corrected chi connectivity index (χ3v) is 4.28. The van der Waals surface area contributed by atoms with Crippen molar-refractivity contribution in [2.45, 2.75) is 18.5 Å². The number of hydrogen-bond donors (Lipinski definition) is 1. The third-order valence-electron chi connectivity index (χ3n) is 4.28. The minimum Gasteiger partial charge on any atom is -0.358 e. The molecule has 3 heterocycles. The molecule has 4 nitrogen and oxygen atoms in total. The fourth-order valence-corrected chi connectivity index (χ4v) is 3.19. The Kier molecular flexibility index (Phi) is 3.13. The van der Waals surface area contributed by atoms with Crippen molar-refractivity contribution in [3.63, 3.8) is 0 Å².